The van der Waals surface area contributed by atoms with Crippen LogP contribution in [0.2, 0.25) is 0 Å². The first-order valence-corrected chi connectivity index (χ1v) is 10.6. The van der Waals surface area contributed by atoms with Gasteiger partial charge in [0, 0.05) is 45.8 Å². The van der Waals surface area contributed by atoms with Gasteiger partial charge >= 0.3 is 0 Å². The number of hydrogen-bond donors (Lipinski definition) is 1. The van der Waals surface area contributed by atoms with Crippen molar-refractivity contribution in [1.82, 2.24) is 24.9 Å². The van der Waals surface area contributed by atoms with Crippen molar-refractivity contribution in [2.24, 2.45) is 10.9 Å². The fourth-order valence-electron chi connectivity index (χ4n) is 3.89. The summed E-state index contributed by atoms with van der Waals surface area (Å²) in [4.78, 5) is 9.34. The third-order valence-electron chi connectivity index (χ3n) is 5.61. The number of benzene rings is 1. The molecule has 1 unspecified atom stereocenters. The Hall–Kier alpha value is -1.68. The quantitative estimate of drug-likeness (QED) is 0.324. The largest absolute Gasteiger partial charge is 0.356 e. The van der Waals surface area contributed by atoms with Gasteiger partial charge in [-0.25, -0.2) is 9.07 Å². The molecule has 1 fully saturated rings. The molecule has 0 spiro atoms. The lowest BCUT2D eigenvalue weighted by molar-refractivity contribution is 0.255. The van der Waals surface area contributed by atoms with E-state index in [-0.39, 0.29) is 29.8 Å². The van der Waals surface area contributed by atoms with Crippen molar-refractivity contribution >= 4 is 29.9 Å². The van der Waals surface area contributed by atoms with E-state index in [4.69, 9.17) is 0 Å². The molecule has 0 radical (unpaired) electrons. The lowest BCUT2D eigenvalue weighted by Gasteiger charge is -2.24. The molecular formula is C22H34FIN6. The topological polar surface area (TPSA) is 48.7 Å². The number of guanidine groups is 1. The van der Waals surface area contributed by atoms with Gasteiger partial charge in [-0.15, -0.1) is 24.0 Å². The summed E-state index contributed by atoms with van der Waals surface area (Å²) in [5, 5.41) is 8.07. The minimum atomic E-state index is -0.238. The SMILES string of the molecule is CCN(CC)CC1CCN(C(=NC)NCCc2ccn(-c3ccc(F)cc3)n2)C1.I. The van der Waals surface area contributed by atoms with Crippen LogP contribution >= 0.6 is 24.0 Å². The first-order chi connectivity index (χ1) is 14.1. The standard InChI is InChI=1S/C22H33FN6.HI/c1-4-27(5-2)16-18-11-14-28(17-18)22(24-3)25-13-10-20-12-15-29(26-20)21-8-6-19(23)7-9-21;/h6-9,12,15,18H,4-5,10-11,13-14,16-17H2,1-3H3,(H,24,25);1H. The van der Waals surface area contributed by atoms with E-state index in [2.05, 4.69) is 39.1 Å². The van der Waals surface area contributed by atoms with E-state index < -0.39 is 0 Å². The molecule has 1 N–H and O–H groups in total. The number of hydrogen-bond acceptors (Lipinski definition) is 3. The molecule has 1 aromatic heterocycles. The van der Waals surface area contributed by atoms with E-state index in [9.17, 15) is 4.39 Å². The predicted octanol–water partition coefficient (Wildman–Crippen LogP) is 3.41. The highest BCUT2D eigenvalue weighted by atomic mass is 127. The Morgan fingerprint density at radius 3 is 2.63 bits per heavy atom. The molecule has 166 valence electrons. The number of nitrogens with one attached hydrogen (secondary N) is 1. The molecule has 2 heterocycles. The monoisotopic (exact) mass is 528 g/mol. The van der Waals surface area contributed by atoms with E-state index in [1.54, 1.807) is 16.8 Å². The summed E-state index contributed by atoms with van der Waals surface area (Å²) < 4.78 is 14.9. The molecule has 2 aromatic rings. The zero-order valence-electron chi connectivity index (χ0n) is 18.2. The highest BCUT2D eigenvalue weighted by Crippen LogP contribution is 2.17. The average Bonchev–Trinajstić information content (AvgIpc) is 3.40. The first kappa shape index (κ1) is 24.6. The van der Waals surface area contributed by atoms with Crippen LogP contribution in [-0.2, 0) is 6.42 Å². The number of aliphatic imine (C=N–C) groups is 1. The molecule has 1 saturated heterocycles. The van der Waals surface area contributed by atoms with E-state index in [1.165, 1.54) is 25.1 Å². The van der Waals surface area contributed by atoms with Gasteiger partial charge < -0.3 is 15.1 Å². The third kappa shape index (κ3) is 6.66. The smallest absolute Gasteiger partial charge is 0.193 e. The highest BCUT2D eigenvalue weighted by Gasteiger charge is 2.25. The maximum atomic E-state index is 13.1. The number of nitrogens with zero attached hydrogens (tertiary/aromatic N) is 5. The maximum Gasteiger partial charge on any atom is 0.193 e. The second kappa shape index (κ2) is 12.2. The van der Waals surface area contributed by atoms with E-state index in [1.807, 2.05) is 19.3 Å². The minimum absolute atomic E-state index is 0. The van der Waals surface area contributed by atoms with Crippen LogP contribution in [0, 0.1) is 11.7 Å². The van der Waals surface area contributed by atoms with Crippen molar-refractivity contribution < 1.29 is 4.39 Å². The van der Waals surface area contributed by atoms with Crippen LogP contribution in [-0.4, -0.2) is 71.9 Å². The van der Waals surface area contributed by atoms with Crippen LogP contribution in [0.5, 0.6) is 0 Å². The number of aromatic nitrogens is 2. The van der Waals surface area contributed by atoms with Crippen LogP contribution in [0.3, 0.4) is 0 Å². The average molecular weight is 528 g/mol. The van der Waals surface area contributed by atoms with Crippen LogP contribution in [0.25, 0.3) is 5.69 Å². The highest BCUT2D eigenvalue weighted by molar-refractivity contribution is 14.0. The molecule has 3 rings (SSSR count). The summed E-state index contributed by atoms with van der Waals surface area (Å²) >= 11 is 0. The van der Waals surface area contributed by atoms with Crippen LogP contribution in [0.1, 0.15) is 26.0 Å². The second-order valence-corrected chi connectivity index (χ2v) is 7.54. The fourth-order valence-corrected chi connectivity index (χ4v) is 3.89. The molecule has 1 aliphatic rings. The van der Waals surface area contributed by atoms with Gasteiger partial charge in [0.15, 0.2) is 5.96 Å². The third-order valence-corrected chi connectivity index (χ3v) is 5.61. The predicted molar refractivity (Wildman–Crippen MR) is 131 cm³/mol. The second-order valence-electron chi connectivity index (χ2n) is 7.54. The Labute approximate surface area is 196 Å². The summed E-state index contributed by atoms with van der Waals surface area (Å²) in [6, 6.07) is 8.36. The van der Waals surface area contributed by atoms with Gasteiger partial charge in [0.2, 0.25) is 0 Å². The Balaban J connectivity index is 0.00000320. The van der Waals surface area contributed by atoms with Crippen molar-refractivity contribution in [1.29, 1.82) is 0 Å². The maximum absolute atomic E-state index is 13.1. The Morgan fingerprint density at radius 2 is 1.97 bits per heavy atom. The molecule has 8 heteroatoms. The zero-order chi connectivity index (χ0) is 20.6. The summed E-state index contributed by atoms with van der Waals surface area (Å²) in [5.74, 6) is 1.45. The van der Waals surface area contributed by atoms with Gasteiger partial charge in [-0.2, -0.15) is 5.10 Å². The van der Waals surface area contributed by atoms with Crippen LogP contribution < -0.4 is 5.32 Å². The number of halogens is 2. The van der Waals surface area contributed by atoms with E-state index in [0.29, 0.717) is 5.92 Å². The van der Waals surface area contributed by atoms with Crippen molar-refractivity contribution in [3.05, 3.63) is 48.0 Å². The molecule has 0 aliphatic carbocycles. The molecule has 6 nitrogen and oxygen atoms in total. The normalized spacial score (nSPS) is 16.8. The first-order valence-electron chi connectivity index (χ1n) is 10.6. The molecule has 30 heavy (non-hydrogen) atoms. The lowest BCUT2D eigenvalue weighted by atomic mass is 10.1. The van der Waals surface area contributed by atoms with Gasteiger partial charge in [-0.05, 0) is 55.8 Å². The lowest BCUT2D eigenvalue weighted by Crippen LogP contribution is -2.41. The van der Waals surface area contributed by atoms with E-state index in [0.717, 1.165) is 56.5 Å². The van der Waals surface area contributed by atoms with Gasteiger partial charge in [-0.3, -0.25) is 4.99 Å². The van der Waals surface area contributed by atoms with Crippen LogP contribution in [0.4, 0.5) is 4.39 Å². The Morgan fingerprint density at radius 1 is 1.23 bits per heavy atom. The van der Waals surface area contributed by atoms with Crippen molar-refractivity contribution in [3.8, 4) is 5.69 Å². The Kier molecular flexibility index (Phi) is 10.0. The molecule has 0 bridgehead atoms. The van der Waals surface area contributed by atoms with Gasteiger partial charge in [0.1, 0.15) is 5.82 Å². The Bertz CT molecular complexity index is 787. The molecule has 1 aromatic carbocycles. The van der Waals surface area contributed by atoms with Gasteiger partial charge in [-0.1, -0.05) is 13.8 Å². The summed E-state index contributed by atoms with van der Waals surface area (Å²) in [7, 11) is 1.85. The van der Waals surface area contributed by atoms with Crippen molar-refractivity contribution in [2.45, 2.75) is 26.7 Å². The summed E-state index contributed by atoms with van der Waals surface area (Å²) in [5.41, 5.74) is 1.86. The van der Waals surface area contributed by atoms with Crippen LogP contribution in [0.15, 0.2) is 41.5 Å². The molecule has 0 amide bonds. The molecule has 0 saturated carbocycles. The molecule has 1 atom stereocenters. The minimum Gasteiger partial charge on any atom is -0.356 e. The van der Waals surface area contributed by atoms with Gasteiger partial charge in [0.05, 0.1) is 11.4 Å². The zero-order valence-corrected chi connectivity index (χ0v) is 20.6. The van der Waals surface area contributed by atoms with E-state index >= 15 is 0 Å². The number of rotatable bonds is 8. The molecule has 1 aliphatic heterocycles. The van der Waals surface area contributed by atoms with Gasteiger partial charge in [0.25, 0.3) is 0 Å². The summed E-state index contributed by atoms with van der Waals surface area (Å²) in [6.45, 7) is 10.8. The summed E-state index contributed by atoms with van der Waals surface area (Å²) in [6.07, 6.45) is 3.94. The van der Waals surface area contributed by atoms with Crippen molar-refractivity contribution in [2.75, 3.05) is 46.3 Å². The fraction of sp³-hybridized carbons (Fsp3) is 0.545. The van der Waals surface area contributed by atoms with Crippen molar-refractivity contribution in [3.63, 3.8) is 0 Å². The number of likely N-dealkylation sites (tertiary alicyclic amines) is 1. The molecular weight excluding hydrogens is 494 g/mol.